The maximum absolute atomic E-state index is 5.57. The van der Waals surface area contributed by atoms with Gasteiger partial charge in [-0.2, -0.15) is 0 Å². The van der Waals surface area contributed by atoms with Crippen molar-refractivity contribution in [2.24, 2.45) is 5.92 Å². The first-order valence-electron chi connectivity index (χ1n) is 10.7. The van der Waals surface area contributed by atoms with Crippen molar-refractivity contribution in [2.75, 3.05) is 13.7 Å². The third-order valence-corrected chi connectivity index (χ3v) is 6.96. The van der Waals surface area contributed by atoms with E-state index in [0.717, 1.165) is 24.6 Å². The molecule has 2 aliphatic carbocycles. The van der Waals surface area contributed by atoms with Gasteiger partial charge >= 0.3 is 0 Å². The predicted octanol–water partition coefficient (Wildman–Crippen LogP) is 5.29. The van der Waals surface area contributed by atoms with Crippen LogP contribution in [0.15, 0.2) is 48.5 Å². The van der Waals surface area contributed by atoms with E-state index >= 15 is 0 Å². The number of nitrogens with one attached hydrogen (secondary N) is 1. The second-order valence-electron chi connectivity index (χ2n) is 8.67. The number of hydrogen-bond acceptors (Lipinski definition) is 2. The van der Waals surface area contributed by atoms with Crippen LogP contribution in [0.3, 0.4) is 0 Å². The molecule has 2 bridgehead atoms. The summed E-state index contributed by atoms with van der Waals surface area (Å²) in [5.41, 5.74) is 4.70. The largest absolute Gasteiger partial charge is 0.497 e. The van der Waals surface area contributed by atoms with E-state index in [1.54, 1.807) is 12.7 Å². The van der Waals surface area contributed by atoms with Crippen LogP contribution in [0.25, 0.3) is 0 Å². The Morgan fingerprint density at radius 2 is 1.93 bits per heavy atom. The minimum atomic E-state index is 0.198. The van der Waals surface area contributed by atoms with E-state index in [-0.39, 0.29) is 5.41 Å². The van der Waals surface area contributed by atoms with Crippen LogP contribution in [-0.4, -0.2) is 19.7 Å². The average molecular weight is 364 g/mol. The zero-order chi connectivity index (χ0) is 18.7. The van der Waals surface area contributed by atoms with Crippen molar-refractivity contribution >= 4 is 0 Å². The molecule has 0 heterocycles. The molecule has 2 aliphatic rings. The summed E-state index contributed by atoms with van der Waals surface area (Å²) in [5.74, 6) is 1.74. The van der Waals surface area contributed by atoms with Crippen molar-refractivity contribution in [3.8, 4) is 5.75 Å². The van der Waals surface area contributed by atoms with E-state index in [1.807, 2.05) is 0 Å². The highest BCUT2D eigenvalue weighted by atomic mass is 16.5. The summed E-state index contributed by atoms with van der Waals surface area (Å²) in [6.45, 7) is 3.56. The lowest BCUT2D eigenvalue weighted by molar-refractivity contribution is 0.167. The van der Waals surface area contributed by atoms with Crippen molar-refractivity contribution in [2.45, 2.75) is 63.3 Å². The van der Waals surface area contributed by atoms with Gasteiger partial charge in [0, 0.05) is 11.5 Å². The first kappa shape index (κ1) is 18.6. The SMILES string of the molecule is COc1ccc2c(c1)[C@@]1(C)CCCCC[C@@H](C2)[C@@H]1NCCc1ccccc1. The van der Waals surface area contributed by atoms with Gasteiger partial charge in [-0.3, -0.25) is 0 Å². The van der Waals surface area contributed by atoms with Crippen LogP contribution >= 0.6 is 0 Å². The highest BCUT2D eigenvalue weighted by Crippen LogP contribution is 2.47. The van der Waals surface area contributed by atoms with E-state index in [2.05, 4.69) is 60.8 Å². The Labute approximate surface area is 164 Å². The van der Waals surface area contributed by atoms with Gasteiger partial charge in [0.25, 0.3) is 0 Å². The normalized spacial score (nSPS) is 27.3. The van der Waals surface area contributed by atoms with Gasteiger partial charge in [0.15, 0.2) is 0 Å². The number of rotatable bonds is 5. The van der Waals surface area contributed by atoms with Gasteiger partial charge in [-0.1, -0.05) is 62.6 Å². The highest BCUT2D eigenvalue weighted by Gasteiger charge is 2.45. The molecule has 144 valence electrons. The summed E-state index contributed by atoms with van der Waals surface area (Å²) in [4.78, 5) is 0. The van der Waals surface area contributed by atoms with Crippen LogP contribution in [0.1, 0.15) is 55.7 Å². The third-order valence-electron chi connectivity index (χ3n) is 6.96. The van der Waals surface area contributed by atoms with Gasteiger partial charge in [0.05, 0.1) is 7.11 Å². The Balaban J connectivity index is 1.60. The number of benzene rings is 2. The number of fused-ring (bicyclic) bond motifs is 4. The van der Waals surface area contributed by atoms with Gasteiger partial charge < -0.3 is 10.1 Å². The summed E-state index contributed by atoms with van der Waals surface area (Å²) in [7, 11) is 1.78. The molecule has 1 fully saturated rings. The van der Waals surface area contributed by atoms with Gasteiger partial charge in [-0.05, 0) is 67.0 Å². The molecular weight excluding hydrogens is 330 g/mol. The summed E-state index contributed by atoms with van der Waals surface area (Å²) in [5, 5.41) is 4.02. The van der Waals surface area contributed by atoms with Crippen LogP contribution in [0.2, 0.25) is 0 Å². The number of methoxy groups -OCH3 is 1. The fraction of sp³-hybridized carbons (Fsp3) is 0.520. The summed E-state index contributed by atoms with van der Waals surface area (Å²) in [6, 6.07) is 18.2. The van der Waals surface area contributed by atoms with Crippen LogP contribution in [0, 0.1) is 5.92 Å². The summed E-state index contributed by atoms with van der Waals surface area (Å²) >= 11 is 0. The van der Waals surface area contributed by atoms with Gasteiger partial charge in [0.1, 0.15) is 5.75 Å². The van der Waals surface area contributed by atoms with Crippen molar-refractivity contribution in [1.29, 1.82) is 0 Å². The molecule has 27 heavy (non-hydrogen) atoms. The zero-order valence-corrected chi connectivity index (χ0v) is 16.8. The van der Waals surface area contributed by atoms with Crippen molar-refractivity contribution in [3.05, 3.63) is 65.2 Å². The highest BCUT2D eigenvalue weighted by molar-refractivity contribution is 5.44. The lowest BCUT2D eigenvalue weighted by Crippen LogP contribution is -2.55. The lowest BCUT2D eigenvalue weighted by Gasteiger charge is -2.49. The molecule has 2 aromatic rings. The van der Waals surface area contributed by atoms with Crippen LogP contribution in [0.5, 0.6) is 5.75 Å². The number of hydrogen-bond donors (Lipinski definition) is 1. The molecule has 0 saturated heterocycles. The Bertz CT molecular complexity index is 756. The van der Waals surface area contributed by atoms with Crippen LogP contribution < -0.4 is 10.1 Å². The Hall–Kier alpha value is -1.80. The zero-order valence-electron chi connectivity index (χ0n) is 16.8. The molecule has 1 saturated carbocycles. The lowest BCUT2D eigenvalue weighted by atomic mass is 9.59. The predicted molar refractivity (Wildman–Crippen MR) is 113 cm³/mol. The first-order valence-corrected chi connectivity index (χ1v) is 10.7. The van der Waals surface area contributed by atoms with Gasteiger partial charge in [0.2, 0.25) is 0 Å². The molecule has 0 spiro atoms. The molecule has 3 atom stereocenters. The topological polar surface area (TPSA) is 21.3 Å². The van der Waals surface area contributed by atoms with Gasteiger partial charge in [-0.25, -0.2) is 0 Å². The Kier molecular flexibility index (Phi) is 5.54. The molecule has 0 amide bonds. The van der Waals surface area contributed by atoms with E-state index in [4.69, 9.17) is 4.74 Å². The fourth-order valence-corrected chi connectivity index (χ4v) is 5.52. The fourth-order valence-electron chi connectivity index (χ4n) is 5.52. The average Bonchev–Trinajstić information content (AvgIpc) is 2.70. The first-order chi connectivity index (χ1) is 13.2. The monoisotopic (exact) mass is 363 g/mol. The molecule has 0 aliphatic heterocycles. The number of ether oxygens (including phenoxy) is 1. The smallest absolute Gasteiger partial charge is 0.119 e. The van der Waals surface area contributed by atoms with Crippen LogP contribution in [-0.2, 0) is 18.3 Å². The van der Waals surface area contributed by atoms with E-state index in [0.29, 0.717) is 6.04 Å². The molecule has 2 aromatic carbocycles. The molecule has 0 radical (unpaired) electrons. The summed E-state index contributed by atoms with van der Waals surface area (Å²) in [6.07, 6.45) is 9.02. The minimum Gasteiger partial charge on any atom is -0.497 e. The minimum absolute atomic E-state index is 0.198. The Morgan fingerprint density at radius 1 is 1.07 bits per heavy atom. The molecule has 4 rings (SSSR count). The van der Waals surface area contributed by atoms with Gasteiger partial charge in [-0.15, -0.1) is 0 Å². The van der Waals surface area contributed by atoms with E-state index in [1.165, 1.54) is 49.7 Å². The molecule has 0 aromatic heterocycles. The van der Waals surface area contributed by atoms with Crippen LogP contribution in [0.4, 0.5) is 0 Å². The second kappa shape index (κ2) is 8.06. The van der Waals surface area contributed by atoms with Crippen molar-refractivity contribution in [1.82, 2.24) is 5.32 Å². The third kappa shape index (κ3) is 3.78. The summed E-state index contributed by atoms with van der Waals surface area (Å²) < 4.78 is 5.57. The van der Waals surface area contributed by atoms with Crippen molar-refractivity contribution in [3.63, 3.8) is 0 Å². The Morgan fingerprint density at radius 3 is 2.74 bits per heavy atom. The molecule has 0 unspecified atom stereocenters. The molecule has 2 heteroatoms. The molecule has 1 N–H and O–H groups in total. The quantitative estimate of drug-likeness (QED) is 0.779. The maximum Gasteiger partial charge on any atom is 0.119 e. The van der Waals surface area contributed by atoms with Crippen molar-refractivity contribution < 1.29 is 4.74 Å². The second-order valence-corrected chi connectivity index (χ2v) is 8.67. The maximum atomic E-state index is 5.57. The van der Waals surface area contributed by atoms with E-state index < -0.39 is 0 Å². The molecule has 2 nitrogen and oxygen atoms in total. The van der Waals surface area contributed by atoms with E-state index in [9.17, 15) is 0 Å². The standard InChI is InChI=1S/C25H33NO/c1-25-15-8-4-7-11-21(17-20-12-13-22(27-2)18-23(20)25)24(25)26-16-14-19-9-5-3-6-10-19/h3,5-6,9-10,12-13,18,21,24,26H,4,7-8,11,14-17H2,1-2H3/t21-,24-,25+/m0/s1. The molecular formula is C25H33NO.